The number of hydrogen-bond donors (Lipinski definition) is 0. The van der Waals surface area contributed by atoms with Crippen molar-refractivity contribution >= 4 is 22.6 Å². The summed E-state index contributed by atoms with van der Waals surface area (Å²) in [6, 6.07) is 18.9. The molecule has 0 radical (unpaired) electrons. The molecule has 0 aliphatic carbocycles. The Morgan fingerprint density at radius 2 is 1.53 bits per heavy atom. The fourth-order valence-corrected chi connectivity index (χ4v) is 1.96. The predicted molar refractivity (Wildman–Crippen MR) is 79.0 cm³/mol. The molecule has 0 atom stereocenters. The van der Waals surface area contributed by atoms with E-state index in [9.17, 15) is 0 Å². The van der Waals surface area contributed by atoms with E-state index in [1.54, 1.807) is 0 Å². The second-order valence-corrected chi connectivity index (χ2v) is 5.16. The van der Waals surface area contributed by atoms with E-state index < -0.39 is 0 Å². The molecular formula is C15H15IO. The van der Waals surface area contributed by atoms with Crippen molar-refractivity contribution in [1.29, 1.82) is 0 Å². The number of ether oxygens (including phenoxy) is 1. The van der Waals surface area contributed by atoms with Crippen LogP contribution in [0.25, 0.3) is 0 Å². The van der Waals surface area contributed by atoms with Gasteiger partial charge in [-0.1, -0.05) is 42.5 Å². The topological polar surface area (TPSA) is 9.23 Å². The first kappa shape index (κ1) is 12.6. The third-order valence-electron chi connectivity index (χ3n) is 2.56. The fraction of sp³-hybridized carbons (Fsp3) is 0.200. The van der Waals surface area contributed by atoms with Crippen LogP contribution < -0.4 is 0 Å². The van der Waals surface area contributed by atoms with Crippen molar-refractivity contribution in [1.82, 2.24) is 0 Å². The van der Waals surface area contributed by atoms with Gasteiger partial charge in [-0.15, -0.1) is 0 Å². The van der Waals surface area contributed by atoms with Crippen molar-refractivity contribution in [3.05, 3.63) is 69.3 Å². The molecule has 0 fully saturated rings. The van der Waals surface area contributed by atoms with Crippen molar-refractivity contribution in [2.75, 3.05) is 6.61 Å². The van der Waals surface area contributed by atoms with Gasteiger partial charge in [-0.3, -0.25) is 0 Å². The van der Waals surface area contributed by atoms with Crippen LogP contribution in [-0.2, 0) is 17.8 Å². The summed E-state index contributed by atoms with van der Waals surface area (Å²) in [6.07, 6.45) is 0.976. The molecule has 0 aromatic heterocycles. The Balaban J connectivity index is 1.71. The maximum absolute atomic E-state index is 5.65. The highest BCUT2D eigenvalue weighted by Crippen LogP contribution is 2.08. The molecule has 2 heteroatoms. The summed E-state index contributed by atoms with van der Waals surface area (Å²) in [5.41, 5.74) is 2.56. The van der Waals surface area contributed by atoms with E-state index in [4.69, 9.17) is 4.74 Å². The van der Waals surface area contributed by atoms with Crippen LogP contribution in [0.15, 0.2) is 54.6 Å². The molecular weight excluding hydrogens is 323 g/mol. The van der Waals surface area contributed by atoms with Gasteiger partial charge in [0.2, 0.25) is 0 Å². The molecule has 0 unspecified atom stereocenters. The highest BCUT2D eigenvalue weighted by Gasteiger charge is 1.95. The van der Waals surface area contributed by atoms with E-state index in [0.717, 1.165) is 13.0 Å². The second kappa shape index (κ2) is 6.77. The summed E-state index contributed by atoms with van der Waals surface area (Å²) in [6.45, 7) is 1.47. The first-order valence-corrected chi connectivity index (χ1v) is 6.78. The Labute approximate surface area is 116 Å². The molecule has 0 heterocycles. The minimum atomic E-state index is 0.700. The minimum Gasteiger partial charge on any atom is -0.376 e. The summed E-state index contributed by atoms with van der Waals surface area (Å²) >= 11 is 2.32. The molecule has 2 rings (SSSR count). The van der Waals surface area contributed by atoms with Crippen molar-refractivity contribution < 1.29 is 4.74 Å². The molecule has 0 N–H and O–H groups in total. The van der Waals surface area contributed by atoms with Gasteiger partial charge in [-0.05, 0) is 52.3 Å². The summed E-state index contributed by atoms with van der Waals surface area (Å²) in [5.74, 6) is 0. The lowest BCUT2D eigenvalue weighted by Gasteiger charge is -2.04. The Hall–Kier alpha value is -0.870. The van der Waals surface area contributed by atoms with Gasteiger partial charge in [0, 0.05) is 3.57 Å². The molecule has 0 saturated heterocycles. The zero-order chi connectivity index (χ0) is 11.9. The zero-order valence-electron chi connectivity index (χ0n) is 9.60. The molecule has 0 aliphatic heterocycles. The van der Waals surface area contributed by atoms with Crippen LogP contribution in [0.3, 0.4) is 0 Å². The molecule has 0 bridgehead atoms. The molecule has 2 aromatic rings. The molecule has 1 nitrogen and oxygen atoms in total. The normalized spacial score (nSPS) is 10.4. The average Bonchev–Trinajstić information content (AvgIpc) is 2.38. The molecule has 0 aliphatic rings. The standard InChI is InChI=1S/C15H15IO/c16-15-8-6-13(7-9-15)10-11-17-12-14-4-2-1-3-5-14/h1-9H,10-12H2. The van der Waals surface area contributed by atoms with Crippen molar-refractivity contribution in [3.8, 4) is 0 Å². The lowest BCUT2D eigenvalue weighted by atomic mass is 10.2. The van der Waals surface area contributed by atoms with Crippen LogP contribution in [-0.4, -0.2) is 6.61 Å². The van der Waals surface area contributed by atoms with Crippen molar-refractivity contribution in [3.63, 3.8) is 0 Å². The molecule has 0 spiro atoms. The average molecular weight is 338 g/mol. The fourth-order valence-electron chi connectivity index (χ4n) is 1.61. The second-order valence-electron chi connectivity index (χ2n) is 3.91. The largest absolute Gasteiger partial charge is 0.376 e. The quantitative estimate of drug-likeness (QED) is 0.590. The monoisotopic (exact) mass is 338 g/mol. The molecule has 0 amide bonds. The summed E-state index contributed by atoms with van der Waals surface area (Å²) < 4.78 is 6.93. The molecule has 17 heavy (non-hydrogen) atoms. The summed E-state index contributed by atoms with van der Waals surface area (Å²) in [5, 5.41) is 0. The number of rotatable bonds is 5. The Morgan fingerprint density at radius 1 is 0.824 bits per heavy atom. The molecule has 2 aromatic carbocycles. The zero-order valence-corrected chi connectivity index (χ0v) is 11.8. The van der Waals surface area contributed by atoms with E-state index in [1.165, 1.54) is 14.7 Å². The summed E-state index contributed by atoms with van der Waals surface area (Å²) in [7, 11) is 0. The van der Waals surface area contributed by atoms with E-state index in [0.29, 0.717) is 6.61 Å². The Kier molecular flexibility index (Phi) is 5.01. The molecule has 0 saturated carbocycles. The first-order chi connectivity index (χ1) is 8.34. The Bertz CT molecular complexity index is 436. The van der Waals surface area contributed by atoms with Gasteiger partial charge < -0.3 is 4.74 Å². The van der Waals surface area contributed by atoms with Crippen molar-refractivity contribution in [2.45, 2.75) is 13.0 Å². The lowest BCUT2D eigenvalue weighted by molar-refractivity contribution is 0.124. The van der Waals surface area contributed by atoms with E-state index >= 15 is 0 Å². The number of halogens is 1. The van der Waals surface area contributed by atoms with Gasteiger partial charge >= 0.3 is 0 Å². The minimum absolute atomic E-state index is 0.700. The van der Waals surface area contributed by atoms with E-state index in [1.807, 2.05) is 18.2 Å². The van der Waals surface area contributed by atoms with E-state index in [-0.39, 0.29) is 0 Å². The SMILES string of the molecule is Ic1ccc(CCOCc2ccccc2)cc1. The third-order valence-corrected chi connectivity index (χ3v) is 3.28. The van der Waals surface area contributed by atoms with Crippen LogP contribution in [0.1, 0.15) is 11.1 Å². The maximum atomic E-state index is 5.65. The van der Waals surface area contributed by atoms with Gasteiger partial charge in [0.1, 0.15) is 0 Å². The third kappa shape index (κ3) is 4.48. The van der Waals surface area contributed by atoms with E-state index in [2.05, 4.69) is 59.0 Å². The van der Waals surface area contributed by atoms with Crippen LogP contribution in [0.5, 0.6) is 0 Å². The van der Waals surface area contributed by atoms with Crippen LogP contribution in [0, 0.1) is 3.57 Å². The van der Waals surface area contributed by atoms with Crippen molar-refractivity contribution in [2.24, 2.45) is 0 Å². The van der Waals surface area contributed by atoms with Crippen LogP contribution in [0.2, 0.25) is 0 Å². The van der Waals surface area contributed by atoms with Gasteiger partial charge in [0.15, 0.2) is 0 Å². The highest BCUT2D eigenvalue weighted by atomic mass is 127. The highest BCUT2D eigenvalue weighted by molar-refractivity contribution is 14.1. The Morgan fingerprint density at radius 3 is 2.24 bits per heavy atom. The van der Waals surface area contributed by atoms with Gasteiger partial charge in [-0.25, -0.2) is 0 Å². The van der Waals surface area contributed by atoms with Crippen LogP contribution in [0.4, 0.5) is 0 Å². The number of hydrogen-bond acceptors (Lipinski definition) is 1. The smallest absolute Gasteiger partial charge is 0.0717 e. The number of benzene rings is 2. The maximum Gasteiger partial charge on any atom is 0.0717 e. The first-order valence-electron chi connectivity index (χ1n) is 5.71. The predicted octanol–water partition coefficient (Wildman–Crippen LogP) is 4.05. The van der Waals surface area contributed by atoms with Gasteiger partial charge in [0.25, 0.3) is 0 Å². The summed E-state index contributed by atoms with van der Waals surface area (Å²) in [4.78, 5) is 0. The molecule has 88 valence electrons. The van der Waals surface area contributed by atoms with Gasteiger partial charge in [0.05, 0.1) is 13.2 Å². The lowest BCUT2D eigenvalue weighted by Crippen LogP contribution is -1.99. The van der Waals surface area contributed by atoms with Gasteiger partial charge in [-0.2, -0.15) is 0 Å². The van der Waals surface area contributed by atoms with Crippen LogP contribution >= 0.6 is 22.6 Å².